The third kappa shape index (κ3) is 1.25. The quantitative estimate of drug-likeness (QED) is 0.747. The van der Waals surface area contributed by atoms with Gasteiger partial charge in [-0.25, -0.2) is 0 Å². The topological polar surface area (TPSA) is 32.7 Å². The Balaban J connectivity index is 1.87. The van der Waals surface area contributed by atoms with Crippen LogP contribution in [0, 0.1) is 5.41 Å². The van der Waals surface area contributed by atoms with Crippen LogP contribution in [0.5, 0.6) is 11.5 Å². The lowest BCUT2D eigenvalue weighted by atomic mass is 9.52. The first-order valence-electron chi connectivity index (χ1n) is 8.38. The molecule has 1 fully saturated rings. The second kappa shape index (κ2) is 3.70. The molecule has 5 rings (SSSR count). The van der Waals surface area contributed by atoms with E-state index in [1.807, 2.05) is 6.07 Å². The summed E-state index contributed by atoms with van der Waals surface area (Å²) in [6, 6.07) is 4.44. The van der Waals surface area contributed by atoms with Crippen LogP contribution in [0.2, 0.25) is 0 Å². The molecule has 3 unspecified atom stereocenters. The third-order valence-corrected chi connectivity index (χ3v) is 6.59. The van der Waals surface area contributed by atoms with Crippen molar-refractivity contribution in [1.29, 1.82) is 0 Å². The van der Waals surface area contributed by atoms with Gasteiger partial charge >= 0.3 is 0 Å². The molecule has 2 bridgehead atoms. The van der Waals surface area contributed by atoms with E-state index in [1.54, 1.807) is 5.57 Å². The molecular weight excluding hydrogens is 274 g/mol. The fourth-order valence-electron chi connectivity index (χ4n) is 5.58. The van der Waals surface area contributed by atoms with Crippen LogP contribution in [0.3, 0.4) is 0 Å². The molecule has 1 aromatic rings. The molecule has 2 heterocycles. The minimum atomic E-state index is 0.000579. The Bertz CT molecular complexity index is 720. The van der Waals surface area contributed by atoms with Crippen molar-refractivity contribution in [2.75, 3.05) is 13.6 Å². The molecule has 1 spiro atoms. The number of rotatable bonds is 0. The minimum absolute atomic E-state index is 0.000579. The van der Waals surface area contributed by atoms with Crippen LogP contribution in [-0.4, -0.2) is 35.7 Å². The summed E-state index contributed by atoms with van der Waals surface area (Å²) in [5, 5.41) is 10.4. The van der Waals surface area contributed by atoms with Gasteiger partial charge in [-0.05, 0) is 50.1 Å². The lowest BCUT2D eigenvalue weighted by molar-refractivity contribution is 0.00438. The van der Waals surface area contributed by atoms with Crippen LogP contribution in [0.15, 0.2) is 23.8 Å². The number of allylic oxidation sites excluding steroid dienone is 1. The number of piperidine rings is 1. The van der Waals surface area contributed by atoms with Crippen molar-refractivity contribution in [1.82, 2.24) is 4.90 Å². The minimum Gasteiger partial charge on any atom is -0.504 e. The van der Waals surface area contributed by atoms with Crippen molar-refractivity contribution in [2.24, 2.45) is 5.41 Å². The van der Waals surface area contributed by atoms with E-state index < -0.39 is 0 Å². The summed E-state index contributed by atoms with van der Waals surface area (Å²) in [5.74, 6) is 1.08. The first kappa shape index (κ1) is 13.0. The molecule has 3 heteroatoms. The van der Waals surface area contributed by atoms with Crippen molar-refractivity contribution in [3.8, 4) is 11.5 Å². The molecule has 0 radical (unpaired) electrons. The van der Waals surface area contributed by atoms with Crippen LogP contribution in [0.4, 0.5) is 0 Å². The summed E-state index contributed by atoms with van der Waals surface area (Å²) in [6.45, 7) is 5.72. The maximum atomic E-state index is 10.4. The Labute approximate surface area is 131 Å². The van der Waals surface area contributed by atoms with Gasteiger partial charge in [0.05, 0.1) is 5.41 Å². The van der Waals surface area contributed by atoms with E-state index in [9.17, 15) is 5.11 Å². The number of likely N-dealkylation sites (N-methyl/N-ethyl adjacent to an activating group) is 1. The highest BCUT2D eigenvalue weighted by molar-refractivity contribution is 5.65. The predicted molar refractivity (Wildman–Crippen MR) is 85.4 cm³/mol. The number of hydrogen-bond donors (Lipinski definition) is 1. The smallest absolute Gasteiger partial charge is 0.165 e. The van der Waals surface area contributed by atoms with E-state index in [0.29, 0.717) is 11.8 Å². The van der Waals surface area contributed by atoms with Crippen molar-refractivity contribution < 1.29 is 9.84 Å². The molecule has 2 aliphatic heterocycles. The van der Waals surface area contributed by atoms with E-state index in [0.717, 1.165) is 31.6 Å². The van der Waals surface area contributed by atoms with Crippen molar-refractivity contribution in [3.05, 3.63) is 34.9 Å². The van der Waals surface area contributed by atoms with Crippen LogP contribution >= 0.6 is 0 Å². The molecule has 1 N–H and O–H groups in total. The molecule has 0 saturated carbocycles. The molecule has 3 atom stereocenters. The molecule has 22 heavy (non-hydrogen) atoms. The standard InChI is InChI=1S/C19H23NO2/c1-18(2)7-6-12-13-10-11-4-5-14(21)16-15(11)19(12,17(18)22-16)8-9-20(13)3/h4-6,13,17,21H,7-10H2,1-3H3. The number of hydrogen-bond acceptors (Lipinski definition) is 3. The number of likely N-dealkylation sites (tertiary alicyclic amines) is 1. The molecule has 4 aliphatic rings. The van der Waals surface area contributed by atoms with E-state index in [2.05, 4.69) is 37.9 Å². The molecule has 116 valence electrons. The number of phenols is 1. The van der Waals surface area contributed by atoms with Crippen LogP contribution in [0.1, 0.15) is 37.8 Å². The Morgan fingerprint density at radius 2 is 2.14 bits per heavy atom. The predicted octanol–water partition coefficient (Wildman–Crippen LogP) is 3.01. The van der Waals surface area contributed by atoms with Crippen molar-refractivity contribution >= 4 is 0 Å². The van der Waals surface area contributed by atoms with Crippen molar-refractivity contribution in [2.45, 2.75) is 50.7 Å². The number of ether oxygens (including phenoxy) is 1. The average Bonchev–Trinajstić information content (AvgIpc) is 2.83. The van der Waals surface area contributed by atoms with Gasteiger partial charge in [-0.1, -0.05) is 26.0 Å². The highest BCUT2D eigenvalue weighted by atomic mass is 16.5. The van der Waals surface area contributed by atoms with Gasteiger partial charge in [-0.3, -0.25) is 4.90 Å². The van der Waals surface area contributed by atoms with Gasteiger partial charge in [0.25, 0.3) is 0 Å². The fourth-order valence-corrected chi connectivity index (χ4v) is 5.58. The summed E-state index contributed by atoms with van der Waals surface area (Å²) >= 11 is 0. The normalized spacial score (nSPS) is 37.3. The number of benzene rings is 1. The van der Waals surface area contributed by atoms with Gasteiger partial charge in [-0.2, -0.15) is 0 Å². The monoisotopic (exact) mass is 297 g/mol. The zero-order valence-electron chi connectivity index (χ0n) is 13.5. The van der Waals surface area contributed by atoms with E-state index >= 15 is 0 Å². The zero-order chi connectivity index (χ0) is 15.3. The highest BCUT2D eigenvalue weighted by Crippen LogP contribution is 2.65. The van der Waals surface area contributed by atoms with E-state index in [1.165, 1.54) is 11.1 Å². The van der Waals surface area contributed by atoms with Crippen LogP contribution in [0.25, 0.3) is 0 Å². The summed E-state index contributed by atoms with van der Waals surface area (Å²) in [5.41, 5.74) is 4.34. The second-order valence-corrected chi connectivity index (χ2v) is 8.22. The number of nitrogens with zero attached hydrogens (tertiary/aromatic N) is 1. The lowest BCUT2D eigenvalue weighted by Crippen LogP contribution is -2.61. The highest BCUT2D eigenvalue weighted by Gasteiger charge is 2.64. The Kier molecular flexibility index (Phi) is 2.19. The maximum absolute atomic E-state index is 10.4. The summed E-state index contributed by atoms with van der Waals surface area (Å²) in [7, 11) is 2.25. The molecule has 2 aliphatic carbocycles. The Morgan fingerprint density at radius 1 is 1.32 bits per heavy atom. The molecule has 1 saturated heterocycles. The fraction of sp³-hybridized carbons (Fsp3) is 0.579. The molecular formula is C19H23NO2. The van der Waals surface area contributed by atoms with Gasteiger partial charge in [-0.15, -0.1) is 0 Å². The Morgan fingerprint density at radius 3 is 2.95 bits per heavy atom. The van der Waals surface area contributed by atoms with E-state index in [4.69, 9.17) is 4.74 Å². The first-order valence-corrected chi connectivity index (χ1v) is 8.38. The second-order valence-electron chi connectivity index (χ2n) is 8.22. The number of aromatic hydroxyl groups is 1. The van der Waals surface area contributed by atoms with Crippen molar-refractivity contribution in [3.63, 3.8) is 0 Å². The summed E-state index contributed by atoms with van der Waals surface area (Å²) < 4.78 is 6.45. The molecule has 3 nitrogen and oxygen atoms in total. The largest absolute Gasteiger partial charge is 0.504 e. The third-order valence-electron chi connectivity index (χ3n) is 6.59. The average molecular weight is 297 g/mol. The number of phenolic OH excluding ortho intramolecular Hbond substituents is 1. The Hall–Kier alpha value is -1.48. The lowest BCUT2D eigenvalue weighted by Gasteiger charge is -2.56. The molecule has 0 amide bonds. The molecule has 0 aromatic heterocycles. The SMILES string of the molecule is CN1CCC23C4=CCC(C)(C)C2Oc2c(O)ccc(c23)CC41. The van der Waals surface area contributed by atoms with Gasteiger partial charge in [0.15, 0.2) is 11.5 Å². The first-order chi connectivity index (χ1) is 10.4. The van der Waals surface area contributed by atoms with Crippen LogP contribution < -0.4 is 4.74 Å². The summed E-state index contributed by atoms with van der Waals surface area (Å²) in [6.07, 6.45) is 5.84. The zero-order valence-corrected chi connectivity index (χ0v) is 13.5. The molecule has 1 aromatic carbocycles. The van der Waals surface area contributed by atoms with Gasteiger partial charge in [0.1, 0.15) is 6.10 Å². The maximum Gasteiger partial charge on any atom is 0.165 e. The van der Waals surface area contributed by atoms with Gasteiger partial charge in [0, 0.05) is 17.0 Å². The van der Waals surface area contributed by atoms with Crippen LogP contribution in [-0.2, 0) is 11.8 Å². The van der Waals surface area contributed by atoms with Gasteiger partial charge in [0.2, 0.25) is 0 Å². The summed E-state index contributed by atoms with van der Waals surface area (Å²) in [4.78, 5) is 2.50. The van der Waals surface area contributed by atoms with E-state index in [-0.39, 0.29) is 16.9 Å². The van der Waals surface area contributed by atoms with Gasteiger partial charge < -0.3 is 9.84 Å².